The lowest BCUT2D eigenvalue weighted by atomic mass is 9.76. The third-order valence-electron chi connectivity index (χ3n) is 4.23. The predicted octanol–water partition coefficient (Wildman–Crippen LogP) is 3.04. The molecule has 2 saturated carbocycles. The lowest BCUT2D eigenvalue weighted by molar-refractivity contribution is 0.322. The van der Waals surface area contributed by atoms with Crippen LogP contribution in [0.25, 0.3) is 0 Å². The summed E-state index contributed by atoms with van der Waals surface area (Å²) in [6, 6.07) is 9.11. The smallest absolute Gasteiger partial charge is 0.189 e. The summed E-state index contributed by atoms with van der Waals surface area (Å²) in [5.41, 5.74) is 7.29. The van der Waals surface area contributed by atoms with E-state index >= 15 is 0 Å². The maximum Gasteiger partial charge on any atom is 0.189 e. The summed E-state index contributed by atoms with van der Waals surface area (Å²) in [6.07, 6.45) is 5.94. The largest absolute Gasteiger partial charge is 0.370 e. The molecule has 2 fully saturated rings. The first-order valence-corrected chi connectivity index (χ1v) is 7.44. The second-order valence-electron chi connectivity index (χ2n) is 5.66. The van der Waals surface area contributed by atoms with Gasteiger partial charge in [0.2, 0.25) is 0 Å². The number of halogens is 1. The number of nitrogens with zero attached hydrogens (tertiary/aromatic N) is 1. The summed E-state index contributed by atoms with van der Waals surface area (Å²) in [6.45, 7) is 0. The third kappa shape index (κ3) is 3.03. The van der Waals surface area contributed by atoms with Gasteiger partial charge in [0.25, 0.3) is 0 Å². The molecule has 0 atom stereocenters. The van der Waals surface area contributed by atoms with Crippen molar-refractivity contribution in [2.24, 2.45) is 10.7 Å². The Kier molecular flexibility index (Phi) is 3.65. The van der Waals surface area contributed by atoms with Gasteiger partial charge < -0.3 is 11.1 Å². The van der Waals surface area contributed by atoms with Gasteiger partial charge in [0.1, 0.15) is 0 Å². The molecule has 3 nitrogen and oxygen atoms in total. The van der Waals surface area contributed by atoms with E-state index < -0.39 is 0 Å². The van der Waals surface area contributed by atoms with Crippen LogP contribution in [0, 0.1) is 0 Å². The van der Waals surface area contributed by atoms with Crippen LogP contribution in [-0.4, -0.2) is 18.0 Å². The van der Waals surface area contributed by atoms with Crippen molar-refractivity contribution < 1.29 is 0 Å². The first-order valence-electron chi connectivity index (χ1n) is 7.06. The van der Waals surface area contributed by atoms with E-state index in [0.717, 1.165) is 17.9 Å². The van der Waals surface area contributed by atoms with E-state index in [1.807, 2.05) is 12.1 Å². The number of aliphatic imine (C=N–C) groups is 1. The SMILES string of the molecule is NC(=NC1CCC1)NC1CC(c2ccc(Cl)cc2)C1. The van der Waals surface area contributed by atoms with Gasteiger partial charge in [0.15, 0.2) is 5.96 Å². The monoisotopic (exact) mass is 277 g/mol. The zero-order valence-corrected chi connectivity index (χ0v) is 11.7. The van der Waals surface area contributed by atoms with Crippen LogP contribution >= 0.6 is 11.6 Å². The number of hydrogen-bond acceptors (Lipinski definition) is 1. The number of hydrogen-bond donors (Lipinski definition) is 2. The van der Waals surface area contributed by atoms with Gasteiger partial charge in [-0.15, -0.1) is 0 Å². The molecule has 0 unspecified atom stereocenters. The Morgan fingerprint density at radius 1 is 1.21 bits per heavy atom. The van der Waals surface area contributed by atoms with Crippen LogP contribution in [0.4, 0.5) is 0 Å². The number of benzene rings is 1. The molecule has 0 bridgehead atoms. The van der Waals surface area contributed by atoms with Crippen LogP contribution in [-0.2, 0) is 0 Å². The van der Waals surface area contributed by atoms with Gasteiger partial charge in [-0.25, -0.2) is 0 Å². The molecule has 2 aliphatic carbocycles. The maximum atomic E-state index is 5.92. The average molecular weight is 278 g/mol. The van der Waals surface area contributed by atoms with E-state index in [9.17, 15) is 0 Å². The summed E-state index contributed by atoms with van der Waals surface area (Å²) in [4.78, 5) is 4.48. The maximum absolute atomic E-state index is 5.92. The van der Waals surface area contributed by atoms with E-state index in [1.54, 1.807) is 0 Å². The predicted molar refractivity (Wildman–Crippen MR) is 79.6 cm³/mol. The van der Waals surface area contributed by atoms with Crippen molar-refractivity contribution >= 4 is 17.6 Å². The standard InChI is InChI=1S/C15H20ClN3/c16-12-6-4-10(5-7-12)11-8-14(9-11)19-15(17)18-13-2-1-3-13/h4-7,11,13-14H,1-3,8-9H2,(H3,17,18,19). The van der Waals surface area contributed by atoms with Crippen LogP contribution in [0.5, 0.6) is 0 Å². The van der Waals surface area contributed by atoms with Crippen LogP contribution in [0.2, 0.25) is 5.02 Å². The zero-order chi connectivity index (χ0) is 13.2. The molecule has 3 N–H and O–H groups in total. The minimum absolute atomic E-state index is 0.472. The molecule has 2 aliphatic rings. The molecule has 19 heavy (non-hydrogen) atoms. The normalized spacial score (nSPS) is 27.5. The van der Waals surface area contributed by atoms with E-state index in [1.165, 1.54) is 24.8 Å². The topological polar surface area (TPSA) is 50.4 Å². The summed E-state index contributed by atoms with van der Waals surface area (Å²) in [5, 5.41) is 4.13. The average Bonchev–Trinajstić information content (AvgIpc) is 2.30. The van der Waals surface area contributed by atoms with Crippen LogP contribution in [0.15, 0.2) is 29.3 Å². The Bertz CT molecular complexity index is 459. The molecule has 1 aromatic rings. The van der Waals surface area contributed by atoms with Crippen LogP contribution < -0.4 is 11.1 Å². The van der Waals surface area contributed by atoms with E-state index in [2.05, 4.69) is 22.4 Å². The van der Waals surface area contributed by atoms with Crippen LogP contribution in [0.1, 0.15) is 43.6 Å². The molecule has 0 heterocycles. The van der Waals surface area contributed by atoms with Gasteiger partial charge in [-0.05, 0) is 55.7 Å². The number of rotatable bonds is 3. The number of nitrogens with one attached hydrogen (secondary N) is 1. The minimum atomic E-state index is 0.472. The molecule has 0 saturated heterocycles. The Hall–Kier alpha value is -1.22. The highest BCUT2D eigenvalue weighted by Crippen LogP contribution is 2.37. The van der Waals surface area contributed by atoms with E-state index in [4.69, 9.17) is 17.3 Å². The van der Waals surface area contributed by atoms with Crippen LogP contribution in [0.3, 0.4) is 0 Å². The van der Waals surface area contributed by atoms with Crippen molar-refractivity contribution in [3.63, 3.8) is 0 Å². The summed E-state index contributed by atoms with van der Waals surface area (Å²) in [5.74, 6) is 1.26. The Morgan fingerprint density at radius 3 is 2.47 bits per heavy atom. The van der Waals surface area contributed by atoms with Crippen molar-refractivity contribution in [2.75, 3.05) is 0 Å². The van der Waals surface area contributed by atoms with E-state index in [-0.39, 0.29) is 0 Å². The van der Waals surface area contributed by atoms with Gasteiger partial charge in [-0.1, -0.05) is 23.7 Å². The fourth-order valence-electron chi connectivity index (χ4n) is 2.70. The first kappa shape index (κ1) is 12.8. The van der Waals surface area contributed by atoms with Gasteiger partial charge in [-0.3, -0.25) is 4.99 Å². The van der Waals surface area contributed by atoms with Crippen molar-refractivity contribution in [1.82, 2.24) is 5.32 Å². The Balaban J connectivity index is 1.47. The lowest BCUT2D eigenvalue weighted by Crippen LogP contribution is -2.47. The minimum Gasteiger partial charge on any atom is -0.370 e. The molecule has 0 aromatic heterocycles. The van der Waals surface area contributed by atoms with Crippen molar-refractivity contribution in [1.29, 1.82) is 0 Å². The van der Waals surface area contributed by atoms with Gasteiger partial charge >= 0.3 is 0 Å². The highest BCUT2D eigenvalue weighted by molar-refractivity contribution is 6.30. The Labute approximate surface area is 119 Å². The molecule has 0 radical (unpaired) electrons. The van der Waals surface area contributed by atoms with Crippen molar-refractivity contribution in [3.8, 4) is 0 Å². The van der Waals surface area contributed by atoms with Gasteiger partial charge in [-0.2, -0.15) is 0 Å². The summed E-state index contributed by atoms with van der Waals surface area (Å²) < 4.78 is 0. The van der Waals surface area contributed by atoms with E-state index in [0.29, 0.717) is 24.0 Å². The fourth-order valence-corrected chi connectivity index (χ4v) is 2.83. The second-order valence-corrected chi connectivity index (χ2v) is 6.10. The molecule has 3 rings (SSSR count). The fraction of sp³-hybridized carbons (Fsp3) is 0.533. The molecule has 0 spiro atoms. The highest BCUT2D eigenvalue weighted by Gasteiger charge is 2.30. The molecular weight excluding hydrogens is 258 g/mol. The second kappa shape index (κ2) is 5.41. The molecular formula is C15H20ClN3. The Morgan fingerprint density at radius 2 is 1.89 bits per heavy atom. The van der Waals surface area contributed by atoms with Gasteiger partial charge in [0, 0.05) is 11.1 Å². The third-order valence-corrected chi connectivity index (χ3v) is 4.48. The number of nitrogens with two attached hydrogens (primary N) is 1. The molecule has 0 amide bonds. The quantitative estimate of drug-likeness (QED) is 0.659. The number of guanidine groups is 1. The molecule has 102 valence electrons. The zero-order valence-electron chi connectivity index (χ0n) is 11.0. The molecule has 1 aromatic carbocycles. The first-order chi connectivity index (χ1) is 9.20. The highest BCUT2D eigenvalue weighted by atomic mass is 35.5. The lowest BCUT2D eigenvalue weighted by Gasteiger charge is -2.36. The molecule has 4 heteroatoms. The summed E-state index contributed by atoms with van der Waals surface area (Å²) >= 11 is 5.90. The molecule has 0 aliphatic heterocycles. The van der Waals surface area contributed by atoms with Crippen molar-refractivity contribution in [2.45, 2.75) is 50.1 Å². The van der Waals surface area contributed by atoms with Crippen molar-refractivity contribution in [3.05, 3.63) is 34.9 Å². The summed E-state index contributed by atoms with van der Waals surface area (Å²) in [7, 11) is 0. The van der Waals surface area contributed by atoms with Gasteiger partial charge in [0.05, 0.1) is 6.04 Å².